The fraction of sp³-hybridized carbons (Fsp3) is 0.308. The van der Waals surface area contributed by atoms with Crippen molar-refractivity contribution in [3.63, 3.8) is 0 Å². The number of nitrogens with zero attached hydrogens (tertiary/aromatic N) is 1. The van der Waals surface area contributed by atoms with Crippen LogP contribution < -0.4 is 10.6 Å². The largest absolute Gasteiger partial charge is 0.253 e. The van der Waals surface area contributed by atoms with E-state index >= 15 is 0 Å². The van der Waals surface area contributed by atoms with Gasteiger partial charge in [0.05, 0.1) is 5.35 Å². The Kier molecular flexibility index (Phi) is 3.63. The standard InChI is InChI=1S/C13H17N/c1-5-7-11-8-9-13(10(3)4)14-12(11)6-2/h5-10H,1H2,2-4H3/b11-7-,12-6+. The lowest BCUT2D eigenvalue weighted by atomic mass is 10.1. The molecule has 0 amide bonds. The molecule has 0 saturated carbocycles. The van der Waals surface area contributed by atoms with Crippen molar-refractivity contribution in [2.24, 2.45) is 0 Å². The summed E-state index contributed by atoms with van der Waals surface area (Å²) in [5.74, 6) is 0.478. The molecule has 0 atom stereocenters. The molecule has 1 heterocycles. The molecule has 14 heavy (non-hydrogen) atoms. The Hall–Kier alpha value is -1.37. The summed E-state index contributed by atoms with van der Waals surface area (Å²) in [5, 5.41) is 2.17. The highest BCUT2D eigenvalue weighted by Gasteiger charge is 1.98. The van der Waals surface area contributed by atoms with Crippen LogP contribution in [0.25, 0.3) is 12.2 Å². The average molecular weight is 187 g/mol. The van der Waals surface area contributed by atoms with Crippen LogP contribution >= 0.6 is 0 Å². The molecule has 0 N–H and O–H groups in total. The predicted molar refractivity (Wildman–Crippen MR) is 62.4 cm³/mol. The van der Waals surface area contributed by atoms with Gasteiger partial charge in [-0.1, -0.05) is 44.7 Å². The van der Waals surface area contributed by atoms with Gasteiger partial charge in [0.2, 0.25) is 0 Å². The monoisotopic (exact) mass is 187 g/mol. The van der Waals surface area contributed by atoms with E-state index in [2.05, 4.69) is 37.5 Å². The molecule has 0 aliphatic carbocycles. The van der Waals surface area contributed by atoms with Crippen LogP contribution in [0.2, 0.25) is 0 Å². The maximum Gasteiger partial charge on any atom is 0.0662 e. The zero-order valence-corrected chi connectivity index (χ0v) is 9.12. The molecular weight excluding hydrogens is 170 g/mol. The number of aromatic nitrogens is 1. The second-order valence-electron chi connectivity index (χ2n) is 3.56. The van der Waals surface area contributed by atoms with Crippen LogP contribution in [0, 0.1) is 0 Å². The highest BCUT2D eigenvalue weighted by atomic mass is 14.7. The molecule has 0 bridgehead atoms. The molecule has 0 radical (unpaired) electrons. The molecule has 1 nitrogen and oxygen atoms in total. The van der Waals surface area contributed by atoms with Crippen molar-refractivity contribution in [3.05, 3.63) is 41.0 Å². The van der Waals surface area contributed by atoms with Gasteiger partial charge in [-0.25, -0.2) is 0 Å². The highest BCUT2D eigenvalue weighted by molar-refractivity contribution is 5.36. The summed E-state index contributed by atoms with van der Waals surface area (Å²) in [6, 6.07) is 4.17. The minimum Gasteiger partial charge on any atom is -0.253 e. The van der Waals surface area contributed by atoms with E-state index in [4.69, 9.17) is 0 Å². The van der Waals surface area contributed by atoms with Gasteiger partial charge in [-0.15, -0.1) is 0 Å². The second kappa shape index (κ2) is 4.75. The first kappa shape index (κ1) is 10.7. The third-order valence-corrected chi connectivity index (χ3v) is 2.14. The number of pyridine rings is 1. The van der Waals surface area contributed by atoms with E-state index in [1.807, 2.05) is 19.1 Å². The molecule has 0 fully saturated rings. The molecule has 0 saturated heterocycles. The minimum atomic E-state index is 0.478. The van der Waals surface area contributed by atoms with Crippen molar-refractivity contribution in [1.82, 2.24) is 4.98 Å². The molecule has 0 aliphatic rings. The fourth-order valence-corrected chi connectivity index (χ4v) is 1.32. The van der Waals surface area contributed by atoms with Gasteiger partial charge < -0.3 is 0 Å². The first-order valence-electron chi connectivity index (χ1n) is 4.95. The van der Waals surface area contributed by atoms with Crippen molar-refractivity contribution >= 4 is 12.2 Å². The van der Waals surface area contributed by atoms with E-state index in [0.29, 0.717) is 5.92 Å². The lowest BCUT2D eigenvalue weighted by Crippen LogP contribution is -2.28. The molecule has 1 aromatic rings. The summed E-state index contributed by atoms with van der Waals surface area (Å²) in [4.78, 5) is 4.57. The lowest BCUT2D eigenvalue weighted by Gasteiger charge is -2.03. The number of hydrogen-bond donors (Lipinski definition) is 0. The Morgan fingerprint density at radius 2 is 2.07 bits per heavy atom. The van der Waals surface area contributed by atoms with Gasteiger partial charge in [-0.2, -0.15) is 0 Å². The zero-order valence-electron chi connectivity index (χ0n) is 9.12. The SMILES string of the molecule is C=C/C=c1/ccc(C(C)C)n/c1=C/C. The van der Waals surface area contributed by atoms with Crippen molar-refractivity contribution in [3.8, 4) is 0 Å². The first-order chi connectivity index (χ1) is 6.69. The Morgan fingerprint density at radius 3 is 2.57 bits per heavy atom. The smallest absolute Gasteiger partial charge is 0.0662 e. The zero-order chi connectivity index (χ0) is 10.6. The van der Waals surface area contributed by atoms with Crippen LogP contribution in [0.5, 0.6) is 0 Å². The van der Waals surface area contributed by atoms with Crippen LogP contribution in [0.1, 0.15) is 32.4 Å². The van der Waals surface area contributed by atoms with Crippen LogP contribution in [-0.4, -0.2) is 4.98 Å². The van der Waals surface area contributed by atoms with Gasteiger partial charge in [0.25, 0.3) is 0 Å². The predicted octanol–water partition coefficient (Wildman–Crippen LogP) is 1.97. The number of hydrogen-bond acceptors (Lipinski definition) is 1. The first-order valence-corrected chi connectivity index (χ1v) is 4.95. The Morgan fingerprint density at radius 1 is 1.36 bits per heavy atom. The van der Waals surface area contributed by atoms with Gasteiger partial charge in [-0.3, -0.25) is 4.98 Å². The molecular formula is C13H17N. The fourth-order valence-electron chi connectivity index (χ4n) is 1.32. The molecule has 74 valence electrons. The Labute approximate surface area is 85.5 Å². The average Bonchev–Trinajstić information content (AvgIpc) is 2.18. The van der Waals surface area contributed by atoms with E-state index in [0.717, 1.165) is 16.3 Å². The molecule has 1 aromatic heterocycles. The van der Waals surface area contributed by atoms with Crippen molar-refractivity contribution in [2.45, 2.75) is 26.7 Å². The van der Waals surface area contributed by atoms with E-state index < -0.39 is 0 Å². The van der Waals surface area contributed by atoms with Gasteiger partial charge in [0, 0.05) is 5.69 Å². The number of rotatable bonds is 2. The number of allylic oxidation sites excluding steroid dienone is 1. The molecule has 0 aliphatic heterocycles. The quantitative estimate of drug-likeness (QED) is 0.690. The van der Waals surface area contributed by atoms with Gasteiger partial charge in [0.1, 0.15) is 0 Å². The molecule has 1 rings (SSSR count). The molecule has 1 heteroatoms. The third-order valence-electron chi connectivity index (χ3n) is 2.14. The minimum absolute atomic E-state index is 0.478. The van der Waals surface area contributed by atoms with Crippen molar-refractivity contribution in [2.75, 3.05) is 0 Å². The van der Waals surface area contributed by atoms with Crippen molar-refractivity contribution in [1.29, 1.82) is 0 Å². The van der Waals surface area contributed by atoms with E-state index in [1.54, 1.807) is 6.08 Å². The topological polar surface area (TPSA) is 12.9 Å². The maximum atomic E-state index is 4.57. The second-order valence-corrected chi connectivity index (χ2v) is 3.56. The van der Waals surface area contributed by atoms with Gasteiger partial charge in [0.15, 0.2) is 0 Å². The van der Waals surface area contributed by atoms with Gasteiger partial charge >= 0.3 is 0 Å². The Bertz CT molecular complexity index is 427. The van der Waals surface area contributed by atoms with E-state index in [9.17, 15) is 0 Å². The Balaban J connectivity index is 3.41. The highest BCUT2D eigenvalue weighted by Crippen LogP contribution is 2.06. The molecule has 0 spiro atoms. The maximum absolute atomic E-state index is 4.57. The van der Waals surface area contributed by atoms with Crippen LogP contribution in [0.4, 0.5) is 0 Å². The van der Waals surface area contributed by atoms with E-state index in [-0.39, 0.29) is 0 Å². The summed E-state index contributed by atoms with van der Waals surface area (Å²) in [5.41, 5.74) is 1.14. The summed E-state index contributed by atoms with van der Waals surface area (Å²) in [7, 11) is 0. The van der Waals surface area contributed by atoms with Crippen molar-refractivity contribution < 1.29 is 0 Å². The third kappa shape index (κ3) is 2.32. The van der Waals surface area contributed by atoms with Crippen LogP contribution in [0.15, 0.2) is 24.8 Å². The van der Waals surface area contributed by atoms with Gasteiger partial charge in [-0.05, 0) is 24.1 Å². The molecule has 0 unspecified atom stereocenters. The van der Waals surface area contributed by atoms with E-state index in [1.165, 1.54) is 0 Å². The van der Waals surface area contributed by atoms with Crippen LogP contribution in [0.3, 0.4) is 0 Å². The summed E-state index contributed by atoms with van der Waals surface area (Å²) >= 11 is 0. The molecule has 0 aromatic carbocycles. The summed E-state index contributed by atoms with van der Waals surface area (Å²) in [6.45, 7) is 10.0. The lowest BCUT2D eigenvalue weighted by molar-refractivity contribution is 0.814. The normalized spacial score (nSPS) is 13.7. The van der Waals surface area contributed by atoms with Crippen LogP contribution in [-0.2, 0) is 0 Å². The summed E-state index contributed by atoms with van der Waals surface area (Å²) < 4.78 is 0. The summed E-state index contributed by atoms with van der Waals surface area (Å²) in [6.07, 6.45) is 5.80.